The molecule has 0 aliphatic rings. The second-order valence-corrected chi connectivity index (χ2v) is 5.18. The molecule has 0 aliphatic heterocycles. The van der Waals surface area contributed by atoms with Crippen molar-refractivity contribution in [2.24, 2.45) is 0 Å². The number of pyridine rings is 1. The zero-order valence-electron chi connectivity index (χ0n) is 10.7. The van der Waals surface area contributed by atoms with E-state index in [-0.39, 0.29) is 10.9 Å². The molecule has 0 N–H and O–H groups in total. The van der Waals surface area contributed by atoms with Crippen LogP contribution in [-0.2, 0) is 0 Å². The molecular formula is C16H8ClNO3. The average Bonchev–Trinajstić information content (AvgIpc) is 2.48. The Morgan fingerprint density at radius 1 is 0.905 bits per heavy atom. The van der Waals surface area contributed by atoms with Crippen LogP contribution in [0.3, 0.4) is 0 Å². The quantitative estimate of drug-likeness (QED) is 0.468. The van der Waals surface area contributed by atoms with Crippen molar-refractivity contribution in [1.82, 2.24) is 4.40 Å². The van der Waals surface area contributed by atoms with Crippen molar-refractivity contribution in [3.8, 4) is 0 Å². The second kappa shape index (κ2) is 4.20. The minimum absolute atomic E-state index is 0.202. The molecule has 0 saturated heterocycles. The summed E-state index contributed by atoms with van der Waals surface area (Å²) in [5.74, 6) is 0. The van der Waals surface area contributed by atoms with Crippen LogP contribution in [-0.4, -0.2) is 4.40 Å². The van der Waals surface area contributed by atoms with Gasteiger partial charge in [-0.15, -0.1) is 0 Å². The molecule has 5 heteroatoms. The highest BCUT2D eigenvalue weighted by Gasteiger charge is 2.11. The Labute approximate surface area is 122 Å². The molecule has 0 saturated carbocycles. The highest BCUT2D eigenvalue weighted by atomic mass is 35.5. The number of benzene rings is 2. The maximum Gasteiger partial charge on any atom is 0.360 e. The van der Waals surface area contributed by atoms with Crippen LogP contribution in [0.2, 0.25) is 5.02 Å². The highest BCUT2D eigenvalue weighted by Crippen LogP contribution is 2.22. The maximum absolute atomic E-state index is 12.1. The van der Waals surface area contributed by atoms with Crippen LogP contribution in [0.5, 0.6) is 0 Å². The third-order valence-corrected chi connectivity index (χ3v) is 3.73. The van der Waals surface area contributed by atoms with Gasteiger partial charge < -0.3 is 4.42 Å². The summed E-state index contributed by atoms with van der Waals surface area (Å²) in [5.41, 5.74) is 1.17. The molecule has 4 rings (SSSR count). The van der Waals surface area contributed by atoms with Gasteiger partial charge in [-0.2, -0.15) is 0 Å². The molecule has 0 unspecified atom stereocenters. The summed E-state index contributed by atoms with van der Waals surface area (Å²) < 4.78 is 6.97. The lowest BCUT2D eigenvalue weighted by Gasteiger charge is -2.09. The van der Waals surface area contributed by atoms with Crippen molar-refractivity contribution in [3.63, 3.8) is 0 Å². The zero-order valence-corrected chi connectivity index (χ0v) is 11.4. The molecule has 0 fully saturated rings. The molecule has 0 aliphatic carbocycles. The lowest BCUT2D eigenvalue weighted by atomic mass is 10.2. The van der Waals surface area contributed by atoms with Crippen LogP contribution >= 0.6 is 11.6 Å². The van der Waals surface area contributed by atoms with Crippen LogP contribution in [0.1, 0.15) is 0 Å². The molecule has 4 nitrogen and oxygen atoms in total. The van der Waals surface area contributed by atoms with E-state index >= 15 is 0 Å². The summed E-state index contributed by atoms with van der Waals surface area (Å²) in [4.78, 5) is 24.2. The summed E-state index contributed by atoms with van der Waals surface area (Å²) in [6, 6.07) is 13.4. The first-order chi connectivity index (χ1) is 10.1. The summed E-state index contributed by atoms with van der Waals surface area (Å²) >= 11 is 6.05. The van der Waals surface area contributed by atoms with Gasteiger partial charge in [0.15, 0.2) is 11.0 Å². The number of aromatic nitrogens is 1. The van der Waals surface area contributed by atoms with Crippen molar-refractivity contribution < 1.29 is 4.42 Å². The van der Waals surface area contributed by atoms with Crippen LogP contribution in [0, 0.1) is 0 Å². The Hall–Kier alpha value is -2.59. The molecule has 2 aromatic heterocycles. The van der Waals surface area contributed by atoms with E-state index < -0.39 is 5.63 Å². The van der Waals surface area contributed by atoms with Crippen LogP contribution in [0.25, 0.3) is 27.5 Å². The van der Waals surface area contributed by atoms with Gasteiger partial charge in [0.05, 0.1) is 11.0 Å². The lowest BCUT2D eigenvalue weighted by Crippen LogP contribution is -2.13. The van der Waals surface area contributed by atoms with E-state index in [0.717, 1.165) is 0 Å². The predicted octanol–water partition coefficient (Wildman–Crippen LogP) is 3.21. The number of halogens is 1. The van der Waals surface area contributed by atoms with Gasteiger partial charge >= 0.3 is 5.63 Å². The fraction of sp³-hybridized carbons (Fsp3) is 0. The van der Waals surface area contributed by atoms with Crippen LogP contribution in [0.15, 0.2) is 62.5 Å². The first-order valence-electron chi connectivity index (χ1n) is 6.32. The van der Waals surface area contributed by atoms with Gasteiger partial charge in [0.2, 0.25) is 0 Å². The molecule has 2 aromatic carbocycles. The first-order valence-corrected chi connectivity index (χ1v) is 6.70. The van der Waals surface area contributed by atoms with Gasteiger partial charge in [-0.3, -0.25) is 9.20 Å². The Balaban J connectivity index is 2.47. The Morgan fingerprint density at radius 2 is 1.71 bits per heavy atom. The van der Waals surface area contributed by atoms with Gasteiger partial charge in [-0.05, 0) is 30.3 Å². The van der Waals surface area contributed by atoms with Crippen molar-refractivity contribution in [2.75, 3.05) is 0 Å². The minimum atomic E-state index is -0.548. The third-order valence-electron chi connectivity index (χ3n) is 3.49. The van der Waals surface area contributed by atoms with E-state index in [1.54, 1.807) is 40.8 Å². The Morgan fingerprint density at radius 3 is 2.57 bits per heavy atom. The molecule has 21 heavy (non-hydrogen) atoms. The van der Waals surface area contributed by atoms with Crippen LogP contribution < -0.4 is 11.1 Å². The highest BCUT2D eigenvalue weighted by molar-refractivity contribution is 6.31. The van der Waals surface area contributed by atoms with Crippen molar-refractivity contribution in [3.05, 3.63) is 74.2 Å². The Bertz CT molecular complexity index is 1140. The van der Waals surface area contributed by atoms with E-state index in [9.17, 15) is 9.59 Å². The van der Waals surface area contributed by atoms with E-state index in [0.29, 0.717) is 27.0 Å². The molecule has 102 valence electrons. The predicted molar refractivity (Wildman–Crippen MR) is 82.2 cm³/mol. The average molecular weight is 298 g/mol. The summed E-state index contributed by atoms with van der Waals surface area (Å²) in [5, 5.41) is 1.07. The summed E-state index contributed by atoms with van der Waals surface area (Å²) in [6.45, 7) is 0. The molecular weight excluding hydrogens is 290 g/mol. The largest absolute Gasteiger partial charge is 0.420 e. The topological polar surface area (TPSA) is 51.7 Å². The third kappa shape index (κ3) is 1.69. The zero-order chi connectivity index (χ0) is 14.6. The molecule has 0 spiro atoms. The normalized spacial score (nSPS) is 11.5. The lowest BCUT2D eigenvalue weighted by molar-refractivity contribution is 0.562. The fourth-order valence-electron chi connectivity index (χ4n) is 2.59. The van der Waals surface area contributed by atoms with E-state index in [1.165, 1.54) is 6.07 Å². The van der Waals surface area contributed by atoms with Crippen molar-refractivity contribution in [2.45, 2.75) is 0 Å². The molecule has 0 radical (unpaired) electrons. The van der Waals surface area contributed by atoms with E-state index in [4.69, 9.17) is 16.0 Å². The fourth-order valence-corrected chi connectivity index (χ4v) is 2.75. The second-order valence-electron chi connectivity index (χ2n) is 4.75. The van der Waals surface area contributed by atoms with Gasteiger partial charge in [-0.1, -0.05) is 23.7 Å². The van der Waals surface area contributed by atoms with Crippen molar-refractivity contribution in [1.29, 1.82) is 0 Å². The van der Waals surface area contributed by atoms with Gasteiger partial charge in [0.1, 0.15) is 5.52 Å². The standard InChI is InChI=1S/C16H8ClNO3/c17-9-5-6-15-12(7-9)18-11-4-2-1-3-10(11)14(19)8-13(18)16(20)21-15/h1-8H. The van der Waals surface area contributed by atoms with Gasteiger partial charge in [0.25, 0.3) is 0 Å². The minimum Gasteiger partial charge on any atom is -0.420 e. The number of para-hydroxylation sites is 1. The first kappa shape index (κ1) is 12.2. The number of fused-ring (bicyclic) bond motifs is 5. The summed E-state index contributed by atoms with van der Waals surface area (Å²) in [7, 11) is 0. The smallest absolute Gasteiger partial charge is 0.360 e. The Kier molecular flexibility index (Phi) is 2.43. The number of rotatable bonds is 0. The van der Waals surface area contributed by atoms with E-state index in [2.05, 4.69) is 0 Å². The van der Waals surface area contributed by atoms with Gasteiger partial charge in [-0.25, -0.2) is 4.79 Å². The van der Waals surface area contributed by atoms with E-state index in [1.807, 2.05) is 6.07 Å². The number of hydrogen-bond donors (Lipinski definition) is 0. The maximum atomic E-state index is 12.1. The molecule has 0 bridgehead atoms. The van der Waals surface area contributed by atoms with Crippen LogP contribution in [0.4, 0.5) is 0 Å². The monoisotopic (exact) mass is 297 g/mol. The number of nitrogens with zero attached hydrogens (tertiary/aromatic N) is 1. The molecule has 2 heterocycles. The SMILES string of the molecule is O=c1cc2c(=O)oc3ccc(Cl)cc3n2c2ccccc12. The molecule has 0 atom stereocenters. The van der Waals surface area contributed by atoms with Crippen molar-refractivity contribution >= 4 is 39.1 Å². The molecule has 0 amide bonds. The summed E-state index contributed by atoms with van der Waals surface area (Å²) in [6.07, 6.45) is 0. The van der Waals surface area contributed by atoms with Gasteiger partial charge in [0, 0.05) is 16.5 Å². The number of hydrogen-bond acceptors (Lipinski definition) is 3. The molecule has 4 aromatic rings.